The van der Waals surface area contributed by atoms with Gasteiger partial charge in [-0.3, -0.25) is 19.3 Å². The minimum atomic E-state index is -0.491. The molecule has 1 heterocycles. The van der Waals surface area contributed by atoms with Crippen LogP contribution in [-0.4, -0.2) is 40.8 Å². The molecule has 1 aliphatic rings. The molecule has 0 aliphatic carbocycles. The summed E-state index contributed by atoms with van der Waals surface area (Å²) in [5.74, 6) is -0.552. The van der Waals surface area contributed by atoms with Crippen molar-refractivity contribution in [3.8, 4) is 6.07 Å². The first-order valence-electron chi connectivity index (χ1n) is 7.69. The van der Waals surface area contributed by atoms with E-state index in [1.165, 1.54) is 6.20 Å². The molecule has 2 N–H and O–H groups in total. The van der Waals surface area contributed by atoms with Crippen molar-refractivity contribution in [3.63, 3.8) is 0 Å². The SMILES string of the molecule is CC(NC(=O)/C(C#N)=C\NCCN1C(=O)CSC1=O)c1ccccc1. The standard InChI is InChI=1S/C17H18N4O3S/c1-12(13-5-3-2-4-6-13)20-16(23)14(9-18)10-19-7-8-21-15(22)11-25-17(21)24/h2-6,10,12,19H,7-8,11H2,1H3,(H,20,23)/b14-10-. The highest BCUT2D eigenvalue weighted by Gasteiger charge is 2.28. The van der Waals surface area contributed by atoms with Crippen molar-refractivity contribution in [1.82, 2.24) is 15.5 Å². The van der Waals surface area contributed by atoms with Gasteiger partial charge in [-0.2, -0.15) is 5.26 Å². The largest absolute Gasteiger partial charge is 0.388 e. The summed E-state index contributed by atoms with van der Waals surface area (Å²) in [7, 11) is 0. The number of imide groups is 1. The van der Waals surface area contributed by atoms with E-state index in [4.69, 9.17) is 5.26 Å². The monoisotopic (exact) mass is 358 g/mol. The summed E-state index contributed by atoms with van der Waals surface area (Å²) in [5, 5.41) is 14.4. The third-order valence-electron chi connectivity index (χ3n) is 3.58. The van der Waals surface area contributed by atoms with Gasteiger partial charge in [0, 0.05) is 19.3 Å². The van der Waals surface area contributed by atoms with Gasteiger partial charge in [-0.25, -0.2) is 0 Å². The Morgan fingerprint density at radius 3 is 2.72 bits per heavy atom. The van der Waals surface area contributed by atoms with Crippen molar-refractivity contribution >= 4 is 28.8 Å². The van der Waals surface area contributed by atoms with Crippen LogP contribution in [0.2, 0.25) is 0 Å². The number of carbonyl (C=O) groups is 3. The number of rotatable bonds is 7. The molecule has 1 atom stereocenters. The van der Waals surface area contributed by atoms with Crippen molar-refractivity contribution in [1.29, 1.82) is 5.26 Å². The number of thioether (sulfide) groups is 1. The first-order chi connectivity index (χ1) is 12.0. The maximum atomic E-state index is 12.1. The average Bonchev–Trinajstić information content (AvgIpc) is 2.94. The van der Waals surface area contributed by atoms with Gasteiger partial charge < -0.3 is 10.6 Å². The van der Waals surface area contributed by atoms with Gasteiger partial charge in [0.2, 0.25) is 5.91 Å². The first kappa shape index (κ1) is 18.5. The van der Waals surface area contributed by atoms with Crippen LogP contribution in [0.5, 0.6) is 0 Å². The molecule has 0 radical (unpaired) electrons. The van der Waals surface area contributed by atoms with Crippen molar-refractivity contribution in [2.75, 3.05) is 18.8 Å². The zero-order valence-electron chi connectivity index (χ0n) is 13.7. The summed E-state index contributed by atoms with van der Waals surface area (Å²) >= 11 is 0.970. The summed E-state index contributed by atoms with van der Waals surface area (Å²) in [6, 6.07) is 11.0. The minimum Gasteiger partial charge on any atom is -0.388 e. The Hall–Kier alpha value is -2.79. The smallest absolute Gasteiger partial charge is 0.288 e. The van der Waals surface area contributed by atoms with E-state index in [1.807, 2.05) is 43.3 Å². The lowest BCUT2D eigenvalue weighted by Crippen LogP contribution is -2.34. The lowest BCUT2D eigenvalue weighted by molar-refractivity contribution is -0.124. The van der Waals surface area contributed by atoms with Gasteiger partial charge >= 0.3 is 0 Å². The number of amides is 3. The number of hydrogen-bond donors (Lipinski definition) is 2. The maximum Gasteiger partial charge on any atom is 0.288 e. The topological polar surface area (TPSA) is 102 Å². The molecular weight excluding hydrogens is 340 g/mol. The molecule has 0 aromatic heterocycles. The average molecular weight is 358 g/mol. The molecule has 7 nitrogen and oxygen atoms in total. The van der Waals surface area contributed by atoms with E-state index in [0.29, 0.717) is 0 Å². The Morgan fingerprint density at radius 2 is 2.12 bits per heavy atom. The fourth-order valence-electron chi connectivity index (χ4n) is 2.20. The van der Waals surface area contributed by atoms with E-state index in [9.17, 15) is 14.4 Å². The van der Waals surface area contributed by atoms with Crippen LogP contribution in [0.25, 0.3) is 0 Å². The minimum absolute atomic E-state index is 0.0729. The predicted octanol–water partition coefficient (Wildman–Crippen LogP) is 1.56. The fourth-order valence-corrected chi connectivity index (χ4v) is 2.95. The van der Waals surface area contributed by atoms with Gasteiger partial charge in [0.15, 0.2) is 0 Å². The lowest BCUT2D eigenvalue weighted by Gasteiger charge is -2.14. The van der Waals surface area contributed by atoms with Crippen LogP contribution in [-0.2, 0) is 9.59 Å². The second-order valence-corrected chi connectivity index (χ2v) is 6.26. The molecule has 1 fully saturated rings. The molecular formula is C17H18N4O3S. The lowest BCUT2D eigenvalue weighted by atomic mass is 10.1. The Kier molecular flexibility index (Phi) is 6.60. The highest BCUT2D eigenvalue weighted by Crippen LogP contribution is 2.17. The Balaban J connectivity index is 1.85. The van der Waals surface area contributed by atoms with E-state index in [-0.39, 0.29) is 41.6 Å². The van der Waals surface area contributed by atoms with E-state index in [0.717, 1.165) is 22.2 Å². The predicted molar refractivity (Wildman–Crippen MR) is 94.3 cm³/mol. The maximum absolute atomic E-state index is 12.1. The van der Waals surface area contributed by atoms with Crippen LogP contribution < -0.4 is 10.6 Å². The second kappa shape index (κ2) is 8.89. The first-order valence-corrected chi connectivity index (χ1v) is 8.68. The van der Waals surface area contributed by atoms with Crippen LogP contribution in [0.15, 0.2) is 42.1 Å². The fraction of sp³-hybridized carbons (Fsp3) is 0.294. The molecule has 0 saturated carbocycles. The third kappa shape index (κ3) is 5.09. The van der Waals surface area contributed by atoms with E-state index in [1.54, 1.807) is 0 Å². The van der Waals surface area contributed by atoms with Crippen molar-refractivity contribution in [2.24, 2.45) is 0 Å². The van der Waals surface area contributed by atoms with E-state index in [2.05, 4.69) is 10.6 Å². The Bertz CT molecular complexity index is 711. The molecule has 3 amide bonds. The molecule has 1 aromatic carbocycles. The van der Waals surface area contributed by atoms with Gasteiger partial charge in [-0.1, -0.05) is 42.1 Å². The molecule has 8 heteroatoms. The van der Waals surface area contributed by atoms with Crippen molar-refractivity contribution in [2.45, 2.75) is 13.0 Å². The highest BCUT2D eigenvalue weighted by atomic mass is 32.2. The van der Waals surface area contributed by atoms with E-state index < -0.39 is 5.91 Å². The molecule has 130 valence electrons. The number of nitrogens with zero attached hydrogens (tertiary/aromatic N) is 2. The number of nitriles is 1. The summed E-state index contributed by atoms with van der Waals surface area (Å²) in [5.41, 5.74) is 0.862. The van der Waals surface area contributed by atoms with Crippen LogP contribution in [0.3, 0.4) is 0 Å². The number of benzene rings is 1. The summed E-state index contributed by atoms with van der Waals surface area (Å²) in [6.07, 6.45) is 1.30. The summed E-state index contributed by atoms with van der Waals surface area (Å²) in [6.45, 7) is 2.30. The van der Waals surface area contributed by atoms with Crippen molar-refractivity contribution < 1.29 is 14.4 Å². The van der Waals surface area contributed by atoms with Crippen LogP contribution in [0, 0.1) is 11.3 Å². The Morgan fingerprint density at radius 1 is 1.40 bits per heavy atom. The highest BCUT2D eigenvalue weighted by molar-refractivity contribution is 8.14. The number of carbonyl (C=O) groups excluding carboxylic acids is 3. The summed E-state index contributed by atoms with van der Waals surface area (Å²) in [4.78, 5) is 36.2. The van der Waals surface area contributed by atoms with Gasteiger partial charge in [0.25, 0.3) is 11.1 Å². The summed E-state index contributed by atoms with van der Waals surface area (Å²) < 4.78 is 0. The molecule has 1 saturated heterocycles. The molecule has 1 unspecified atom stereocenters. The van der Waals surface area contributed by atoms with Crippen LogP contribution >= 0.6 is 11.8 Å². The van der Waals surface area contributed by atoms with Gasteiger partial charge in [-0.05, 0) is 12.5 Å². The quantitative estimate of drug-likeness (QED) is 0.436. The van der Waals surface area contributed by atoms with Gasteiger partial charge in [0.1, 0.15) is 11.6 Å². The Labute approximate surface area is 150 Å². The molecule has 0 spiro atoms. The zero-order valence-corrected chi connectivity index (χ0v) is 14.5. The molecule has 2 rings (SSSR count). The van der Waals surface area contributed by atoms with E-state index >= 15 is 0 Å². The third-order valence-corrected chi connectivity index (χ3v) is 4.44. The van der Waals surface area contributed by atoms with Crippen LogP contribution in [0.4, 0.5) is 4.79 Å². The number of hydrogen-bond acceptors (Lipinski definition) is 6. The number of nitrogens with one attached hydrogen (secondary N) is 2. The normalized spacial score (nSPS) is 15.7. The molecule has 25 heavy (non-hydrogen) atoms. The second-order valence-electron chi connectivity index (χ2n) is 5.33. The zero-order chi connectivity index (χ0) is 18.2. The van der Waals surface area contributed by atoms with Crippen molar-refractivity contribution in [3.05, 3.63) is 47.7 Å². The molecule has 0 bridgehead atoms. The van der Waals surface area contributed by atoms with Crippen LogP contribution in [0.1, 0.15) is 18.5 Å². The molecule has 1 aromatic rings. The van der Waals surface area contributed by atoms with Gasteiger partial charge in [0.05, 0.1) is 11.8 Å². The van der Waals surface area contributed by atoms with Gasteiger partial charge in [-0.15, -0.1) is 0 Å². The molecule has 1 aliphatic heterocycles.